The second kappa shape index (κ2) is 1.34. The number of hydrogen-bond acceptors (Lipinski definition) is 3. The van der Waals surface area contributed by atoms with E-state index < -0.39 is 0 Å². The van der Waals surface area contributed by atoms with Gasteiger partial charge in [0.15, 0.2) is 5.82 Å². The van der Waals surface area contributed by atoms with Crippen molar-refractivity contribution >= 4 is 18.0 Å². The molecular formula is C5H6N4. The number of nitrogens with zero attached hydrogens (tertiary/aromatic N) is 3. The molecule has 0 amide bonds. The highest BCUT2D eigenvalue weighted by molar-refractivity contribution is 5.68. The van der Waals surface area contributed by atoms with E-state index in [0.29, 0.717) is 5.95 Å². The van der Waals surface area contributed by atoms with Gasteiger partial charge in [0.25, 0.3) is 0 Å². The summed E-state index contributed by atoms with van der Waals surface area (Å²) >= 11 is 0. The van der Waals surface area contributed by atoms with E-state index in [2.05, 4.69) is 9.98 Å². The van der Waals surface area contributed by atoms with Crippen molar-refractivity contribution in [1.82, 2.24) is 9.55 Å². The topological polar surface area (TPSA) is 56.2 Å². The van der Waals surface area contributed by atoms with Crippen LogP contribution in [0, 0.1) is 0 Å². The number of hydrogen-bond donors (Lipinski definition) is 1. The van der Waals surface area contributed by atoms with Crippen molar-refractivity contribution < 1.29 is 0 Å². The van der Waals surface area contributed by atoms with E-state index in [-0.39, 0.29) is 0 Å². The Hall–Kier alpha value is -1.32. The van der Waals surface area contributed by atoms with Crippen LogP contribution in [0.15, 0.2) is 11.2 Å². The highest BCUT2D eigenvalue weighted by atomic mass is 15.2. The number of nitrogens with two attached hydrogens (primary N) is 1. The van der Waals surface area contributed by atoms with Gasteiger partial charge in [-0.1, -0.05) is 0 Å². The molecule has 0 bridgehead atoms. The first kappa shape index (κ1) is 4.55. The van der Waals surface area contributed by atoms with Gasteiger partial charge in [-0.2, -0.15) is 0 Å². The van der Waals surface area contributed by atoms with Gasteiger partial charge >= 0.3 is 0 Å². The smallest absolute Gasteiger partial charge is 0.202 e. The molecule has 46 valence electrons. The summed E-state index contributed by atoms with van der Waals surface area (Å²) in [5.74, 6) is 1.40. The molecule has 0 radical (unpaired) electrons. The summed E-state index contributed by atoms with van der Waals surface area (Å²) in [6.07, 6.45) is 3.48. The maximum atomic E-state index is 5.46. The fraction of sp³-hybridized carbons (Fsp3) is 0.200. The van der Waals surface area contributed by atoms with Crippen LogP contribution in [0.5, 0.6) is 0 Å². The van der Waals surface area contributed by atoms with Gasteiger partial charge < -0.3 is 5.73 Å². The van der Waals surface area contributed by atoms with Crippen LogP contribution in [0.2, 0.25) is 0 Å². The van der Waals surface area contributed by atoms with E-state index in [0.717, 1.165) is 12.4 Å². The van der Waals surface area contributed by atoms with Crippen LogP contribution in [-0.4, -0.2) is 15.8 Å². The van der Waals surface area contributed by atoms with Gasteiger partial charge in [0.05, 0.1) is 12.7 Å². The molecule has 0 aliphatic carbocycles. The minimum atomic E-state index is 0.544. The fourth-order valence-electron chi connectivity index (χ4n) is 0.887. The molecule has 0 fully saturated rings. The Morgan fingerprint density at radius 1 is 1.67 bits per heavy atom. The Morgan fingerprint density at radius 3 is 3.33 bits per heavy atom. The lowest BCUT2D eigenvalue weighted by Gasteiger charge is -1.93. The first-order valence-corrected chi connectivity index (χ1v) is 2.71. The first-order valence-electron chi connectivity index (χ1n) is 2.71. The second-order valence-corrected chi connectivity index (χ2v) is 1.90. The van der Waals surface area contributed by atoms with Crippen molar-refractivity contribution in [2.24, 2.45) is 4.99 Å². The van der Waals surface area contributed by atoms with Crippen molar-refractivity contribution in [1.29, 1.82) is 0 Å². The molecule has 1 aromatic heterocycles. The van der Waals surface area contributed by atoms with Crippen LogP contribution in [0.1, 0.15) is 0 Å². The predicted octanol–water partition coefficient (Wildman–Crippen LogP) is 0.181. The zero-order chi connectivity index (χ0) is 6.27. The van der Waals surface area contributed by atoms with Gasteiger partial charge in [-0.3, -0.25) is 4.57 Å². The van der Waals surface area contributed by atoms with Crippen LogP contribution in [-0.2, 0) is 6.54 Å². The van der Waals surface area contributed by atoms with Gasteiger partial charge in [-0.25, -0.2) is 9.98 Å². The summed E-state index contributed by atoms with van der Waals surface area (Å²) in [4.78, 5) is 7.88. The third-order valence-electron chi connectivity index (χ3n) is 1.35. The highest BCUT2D eigenvalue weighted by Crippen LogP contribution is 2.18. The summed E-state index contributed by atoms with van der Waals surface area (Å²) in [6.45, 7) is 0.765. The summed E-state index contributed by atoms with van der Waals surface area (Å²) in [7, 11) is 0. The van der Waals surface area contributed by atoms with E-state index >= 15 is 0 Å². The molecule has 0 saturated heterocycles. The molecule has 9 heavy (non-hydrogen) atoms. The van der Waals surface area contributed by atoms with Crippen LogP contribution < -0.4 is 5.73 Å². The molecule has 0 saturated carbocycles. The minimum Gasteiger partial charge on any atom is -0.369 e. The maximum Gasteiger partial charge on any atom is 0.202 e. The molecule has 0 unspecified atom stereocenters. The third kappa shape index (κ3) is 0.468. The fourth-order valence-corrected chi connectivity index (χ4v) is 0.887. The van der Waals surface area contributed by atoms with Crippen LogP contribution in [0.4, 0.5) is 11.8 Å². The summed E-state index contributed by atoms with van der Waals surface area (Å²) < 4.78 is 1.85. The summed E-state index contributed by atoms with van der Waals surface area (Å²) in [5, 5.41) is 0. The lowest BCUT2D eigenvalue weighted by molar-refractivity contribution is 0.911. The van der Waals surface area contributed by atoms with Gasteiger partial charge in [-0.15, -0.1) is 0 Å². The van der Waals surface area contributed by atoms with Gasteiger partial charge in [0, 0.05) is 6.21 Å². The number of nitrogen functional groups attached to an aromatic ring is 1. The molecule has 0 spiro atoms. The van der Waals surface area contributed by atoms with Gasteiger partial charge in [-0.05, 0) is 0 Å². The van der Waals surface area contributed by atoms with Crippen molar-refractivity contribution in [3.05, 3.63) is 6.20 Å². The lowest BCUT2D eigenvalue weighted by Crippen LogP contribution is -1.99. The van der Waals surface area contributed by atoms with Gasteiger partial charge in [0.1, 0.15) is 0 Å². The quantitative estimate of drug-likeness (QED) is 0.533. The monoisotopic (exact) mass is 122 g/mol. The van der Waals surface area contributed by atoms with Crippen molar-refractivity contribution in [2.75, 3.05) is 5.73 Å². The van der Waals surface area contributed by atoms with Crippen molar-refractivity contribution in [3.8, 4) is 0 Å². The number of imidazole rings is 1. The molecule has 1 aliphatic heterocycles. The summed E-state index contributed by atoms with van der Waals surface area (Å²) in [5.41, 5.74) is 5.46. The average molecular weight is 122 g/mol. The number of fused-ring (bicyclic) bond motifs is 1. The van der Waals surface area contributed by atoms with Crippen LogP contribution in [0.25, 0.3) is 0 Å². The molecular weight excluding hydrogens is 116 g/mol. The Balaban J connectivity index is 2.65. The lowest BCUT2D eigenvalue weighted by atomic mass is 10.7. The first-order chi connectivity index (χ1) is 4.38. The third-order valence-corrected chi connectivity index (χ3v) is 1.35. The largest absolute Gasteiger partial charge is 0.369 e. The Morgan fingerprint density at radius 2 is 2.56 bits per heavy atom. The normalized spacial score (nSPS) is 14.2. The Labute approximate surface area is 52.0 Å². The standard InChI is InChI=1S/C5H6N4/c6-5-8-3-4-7-1-2-9(4)5/h1,3H,2H2,(H2,6,8). The zero-order valence-corrected chi connectivity index (χ0v) is 4.78. The van der Waals surface area contributed by atoms with E-state index in [1.165, 1.54) is 0 Å². The Bertz CT molecular complexity index is 260. The predicted molar refractivity (Wildman–Crippen MR) is 34.8 cm³/mol. The minimum absolute atomic E-state index is 0.544. The maximum absolute atomic E-state index is 5.46. The van der Waals surface area contributed by atoms with Crippen LogP contribution >= 0.6 is 0 Å². The van der Waals surface area contributed by atoms with E-state index in [1.807, 2.05) is 10.8 Å². The van der Waals surface area contributed by atoms with Crippen molar-refractivity contribution in [2.45, 2.75) is 6.54 Å². The van der Waals surface area contributed by atoms with Crippen molar-refractivity contribution in [3.63, 3.8) is 0 Å². The Kier molecular flexibility index (Phi) is 0.677. The number of anilines is 1. The van der Waals surface area contributed by atoms with E-state index in [4.69, 9.17) is 5.73 Å². The zero-order valence-electron chi connectivity index (χ0n) is 4.78. The molecule has 4 nitrogen and oxygen atoms in total. The average Bonchev–Trinajstić information content (AvgIpc) is 2.35. The molecule has 2 rings (SSSR count). The summed E-state index contributed by atoms with van der Waals surface area (Å²) in [6, 6.07) is 0. The number of aliphatic imine (C=N–C) groups is 1. The molecule has 4 heteroatoms. The number of aromatic nitrogens is 2. The second-order valence-electron chi connectivity index (χ2n) is 1.90. The number of rotatable bonds is 0. The molecule has 0 aromatic carbocycles. The molecule has 2 N–H and O–H groups in total. The van der Waals surface area contributed by atoms with Crippen LogP contribution in [0.3, 0.4) is 0 Å². The molecule has 0 atom stereocenters. The van der Waals surface area contributed by atoms with E-state index in [1.54, 1.807) is 6.20 Å². The highest BCUT2D eigenvalue weighted by Gasteiger charge is 2.07. The van der Waals surface area contributed by atoms with Gasteiger partial charge in [0.2, 0.25) is 5.95 Å². The molecule has 2 heterocycles. The SMILES string of the molecule is Nc1ncc2n1CC=N2. The molecule has 1 aliphatic rings. The molecule has 1 aromatic rings. The van der Waals surface area contributed by atoms with E-state index in [9.17, 15) is 0 Å².